The van der Waals surface area contributed by atoms with Gasteiger partial charge in [0.05, 0.1) is 11.4 Å². The van der Waals surface area contributed by atoms with Crippen molar-refractivity contribution >= 4 is 16.7 Å². The monoisotopic (exact) mass is 309 g/mol. The largest absolute Gasteiger partial charge is 0.394 e. The molecule has 0 N–H and O–H groups in total. The minimum absolute atomic E-state index is 0.0911. The van der Waals surface area contributed by atoms with Crippen LogP contribution in [0, 0.1) is 12.8 Å². The van der Waals surface area contributed by atoms with Crippen LogP contribution in [0.25, 0.3) is 10.9 Å². The van der Waals surface area contributed by atoms with Crippen LogP contribution in [-0.4, -0.2) is 28.2 Å². The SMILES string of the molecule is Cc1cccc2ncnc(N3CCC(C(F)(F)F)C3(C)C)c12. The highest BCUT2D eigenvalue weighted by Gasteiger charge is 2.55. The Morgan fingerprint density at radius 1 is 1.23 bits per heavy atom. The third-order valence-electron chi connectivity index (χ3n) is 4.69. The van der Waals surface area contributed by atoms with Crippen LogP contribution < -0.4 is 4.90 Å². The first-order chi connectivity index (χ1) is 10.2. The van der Waals surface area contributed by atoms with Crippen LogP contribution in [0.5, 0.6) is 0 Å². The van der Waals surface area contributed by atoms with E-state index in [1.807, 2.05) is 25.1 Å². The predicted molar refractivity (Wildman–Crippen MR) is 79.9 cm³/mol. The van der Waals surface area contributed by atoms with Crippen molar-refractivity contribution in [1.29, 1.82) is 0 Å². The van der Waals surface area contributed by atoms with Crippen molar-refractivity contribution in [2.24, 2.45) is 5.92 Å². The zero-order valence-electron chi connectivity index (χ0n) is 12.8. The van der Waals surface area contributed by atoms with Gasteiger partial charge in [-0.3, -0.25) is 0 Å². The van der Waals surface area contributed by atoms with E-state index in [1.54, 1.807) is 18.7 Å². The molecule has 1 aliphatic heterocycles. The first kappa shape index (κ1) is 15.1. The summed E-state index contributed by atoms with van der Waals surface area (Å²) in [7, 11) is 0. The number of hydrogen-bond acceptors (Lipinski definition) is 3. The molecule has 1 atom stereocenters. The molecule has 0 radical (unpaired) electrons. The molecule has 2 aromatic rings. The van der Waals surface area contributed by atoms with Gasteiger partial charge in [-0.15, -0.1) is 0 Å². The van der Waals surface area contributed by atoms with Gasteiger partial charge in [0.15, 0.2) is 0 Å². The Morgan fingerprint density at radius 2 is 1.95 bits per heavy atom. The Balaban J connectivity index is 2.13. The zero-order valence-corrected chi connectivity index (χ0v) is 12.8. The van der Waals surface area contributed by atoms with Crippen LogP contribution in [0.15, 0.2) is 24.5 Å². The zero-order chi connectivity index (χ0) is 16.1. The molecule has 0 aliphatic carbocycles. The van der Waals surface area contributed by atoms with Gasteiger partial charge in [-0.2, -0.15) is 13.2 Å². The molecule has 1 unspecified atom stereocenters. The lowest BCUT2D eigenvalue weighted by atomic mass is 9.87. The van der Waals surface area contributed by atoms with Gasteiger partial charge in [-0.1, -0.05) is 12.1 Å². The second-order valence-electron chi connectivity index (χ2n) is 6.35. The van der Waals surface area contributed by atoms with Crippen LogP contribution >= 0.6 is 0 Å². The molecule has 1 saturated heterocycles. The van der Waals surface area contributed by atoms with Gasteiger partial charge in [0.1, 0.15) is 12.1 Å². The summed E-state index contributed by atoms with van der Waals surface area (Å²) in [5.74, 6) is -0.756. The summed E-state index contributed by atoms with van der Waals surface area (Å²) in [6, 6.07) is 5.68. The number of aryl methyl sites for hydroxylation is 1. The molecular weight excluding hydrogens is 291 g/mol. The number of aromatic nitrogens is 2. The van der Waals surface area contributed by atoms with E-state index in [2.05, 4.69) is 9.97 Å². The van der Waals surface area contributed by atoms with Gasteiger partial charge in [0.25, 0.3) is 0 Å². The van der Waals surface area contributed by atoms with Crippen molar-refractivity contribution in [3.63, 3.8) is 0 Å². The van der Waals surface area contributed by atoms with E-state index in [-0.39, 0.29) is 6.42 Å². The number of alkyl halides is 3. The molecule has 118 valence electrons. The fourth-order valence-electron chi connectivity index (χ4n) is 3.50. The highest BCUT2D eigenvalue weighted by Crippen LogP contribution is 2.47. The van der Waals surface area contributed by atoms with Crippen LogP contribution in [0.3, 0.4) is 0 Å². The average Bonchev–Trinajstić information content (AvgIpc) is 2.73. The predicted octanol–water partition coefficient (Wildman–Crippen LogP) is 4.11. The van der Waals surface area contributed by atoms with Crippen LogP contribution in [0.1, 0.15) is 25.8 Å². The number of halogens is 3. The Bertz CT molecular complexity index is 704. The van der Waals surface area contributed by atoms with Crippen LogP contribution in [-0.2, 0) is 0 Å². The fraction of sp³-hybridized carbons (Fsp3) is 0.500. The highest BCUT2D eigenvalue weighted by atomic mass is 19.4. The summed E-state index contributed by atoms with van der Waals surface area (Å²) in [5.41, 5.74) is 0.706. The molecule has 1 aliphatic rings. The van der Waals surface area contributed by atoms with Gasteiger partial charge in [-0.25, -0.2) is 9.97 Å². The van der Waals surface area contributed by atoms with Crippen molar-refractivity contribution in [3.8, 4) is 0 Å². The standard InChI is InChI=1S/C16H18F3N3/c1-10-5-4-6-11-13(10)14(21-9-20-11)22-8-7-12(15(22,2)3)16(17,18)19/h4-6,9,12H,7-8H2,1-3H3. The molecule has 1 fully saturated rings. The van der Waals surface area contributed by atoms with E-state index >= 15 is 0 Å². The second kappa shape index (κ2) is 4.83. The van der Waals surface area contributed by atoms with E-state index in [9.17, 15) is 13.2 Å². The number of benzene rings is 1. The Labute approximate surface area is 127 Å². The van der Waals surface area contributed by atoms with Gasteiger partial charge in [-0.05, 0) is 38.8 Å². The van der Waals surface area contributed by atoms with Gasteiger partial charge in [0.2, 0.25) is 0 Å². The first-order valence-corrected chi connectivity index (χ1v) is 7.27. The fourth-order valence-corrected chi connectivity index (χ4v) is 3.50. The molecule has 1 aromatic carbocycles. The number of nitrogens with zero attached hydrogens (tertiary/aromatic N) is 3. The maximum atomic E-state index is 13.3. The van der Waals surface area contributed by atoms with Crippen LogP contribution in [0.4, 0.5) is 19.0 Å². The maximum Gasteiger partial charge on any atom is 0.394 e. The average molecular weight is 309 g/mol. The van der Waals surface area contributed by atoms with E-state index in [0.717, 1.165) is 16.5 Å². The minimum Gasteiger partial charge on any atom is -0.350 e. The van der Waals surface area contributed by atoms with Crippen molar-refractivity contribution in [2.45, 2.75) is 38.9 Å². The summed E-state index contributed by atoms with van der Waals surface area (Å²) >= 11 is 0. The molecule has 2 heterocycles. The lowest BCUT2D eigenvalue weighted by Gasteiger charge is -2.38. The summed E-state index contributed by atoms with van der Waals surface area (Å²) in [4.78, 5) is 10.3. The number of anilines is 1. The minimum atomic E-state index is -4.20. The molecule has 0 bridgehead atoms. The Kier molecular flexibility index (Phi) is 3.30. The lowest BCUT2D eigenvalue weighted by Crippen LogP contribution is -2.47. The molecule has 0 saturated carbocycles. The van der Waals surface area contributed by atoms with Crippen molar-refractivity contribution < 1.29 is 13.2 Å². The summed E-state index contributed by atoms with van der Waals surface area (Å²) in [6.45, 7) is 5.56. The molecular formula is C16H18F3N3. The topological polar surface area (TPSA) is 29.0 Å². The third kappa shape index (κ3) is 2.21. The molecule has 3 nitrogen and oxygen atoms in total. The van der Waals surface area contributed by atoms with E-state index in [1.165, 1.54) is 6.33 Å². The molecule has 1 aromatic heterocycles. The van der Waals surface area contributed by atoms with Crippen molar-refractivity contribution in [2.75, 3.05) is 11.4 Å². The number of fused-ring (bicyclic) bond motifs is 1. The van der Waals surface area contributed by atoms with E-state index in [0.29, 0.717) is 12.4 Å². The summed E-state index contributed by atoms with van der Waals surface area (Å²) < 4.78 is 39.8. The van der Waals surface area contributed by atoms with Crippen LogP contribution in [0.2, 0.25) is 0 Å². The van der Waals surface area contributed by atoms with Gasteiger partial charge in [0, 0.05) is 17.5 Å². The summed E-state index contributed by atoms with van der Waals surface area (Å²) in [5, 5.41) is 0.834. The molecule has 3 rings (SSSR count). The van der Waals surface area contributed by atoms with Crippen molar-refractivity contribution in [3.05, 3.63) is 30.1 Å². The molecule has 0 spiro atoms. The summed E-state index contributed by atoms with van der Waals surface area (Å²) in [6.07, 6.45) is -2.68. The maximum absolute atomic E-state index is 13.3. The van der Waals surface area contributed by atoms with E-state index < -0.39 is 17.6 Å². The number of rotatable bonds is 1. The lowest BCUT2D eigenvalue weighted by molar-refractivity contribution is -0.183. The molecule has 6 heteroatoms. The van der Waals surface area contributed by atoms with E-state index in [4.69, 9.17) is 0 Å². The highest BCUT2D eigenvalue weighted by molar-refractivity contribution is 5.92. The van der Waals surface area contributed by atoms with Gasteiger partial charge >= 0.3 is 6.18 Å². The van der Waals surface area contributed by atoms with Gasteiger partial charge < -0.3 is 4.90 Å². The third-order valence-corrected chi connectivity index (χ3v) is 4.69. The molecule has 0 amide bonds. The smallest absolute Gasteiger partial charge is 0.350 e. The normalized spacial score (nSPS) is 21.5. The number of hydrogen-bond donors (Lipinski definition) is 0. The Hall–Kier alpha value is -1.85. The molecule has 22 heavy (non-hydrogen) atoms. The quantitative estimate of drug-likeness (QED) is 0.794. The van der Waals surface area contributed by atoms with Crippen molar-refractivity contribution in [1.82, 2.24) is 9.97 Å². The second-order valence-corrected chi connectivity index (χ2v) is 6.35. The first-order valence-electron chi connectivity index (χ1n) is 7.27. The Morgan fingerprint density at radius 3 is 2.59 bits per heavy atom.